The zero-order valence-corrected chi connectivity index (χ0v) is 13.1. The Kier molecular flexibility index (Phi) is 4.62. The molecular formula is C17H20N4O2. The standard InChI is InChI=1S/C17H20N4O2/c1-12-19-9-14(11-22)16(20-12)13-5-4-8-21(10-13)17(23)15-6-2-3-7-18-15/h2-3,6-7,9,13,22H,4-5,8,10-11H2,1H3. The third-order valence-corrected chi connectivity index (χ3v) is 4.17. The highest BCUT2D eigenvalue weighted by atomic mass is 16.3. The Morgan fingerprint density at radius 2 is 2.26 bits per heavy atom. The van der Waals surface area contributed by atoms with E-state index in [4.69, 9.17) is 0 Å². The summed E-state index contributed by atoms with van der Waals surface area (Å²) in [7, 11) is 0. The van der Waals surface area contributed by atoms with Gasteiger partial charge in [0.2, 0.25) is 0 Å². The quantitative estimate of drug-likeness (QED) is 0.933. The molecule has 1 amide bonds. The molecule has 23 heavy (non-hydrogen) atoms. The number of aromatic nitrogens is 3. The lowest BCUT2D eigenvalue weighted by Gasteiger charge is -2.33. The molecule has 3 heterocycles. The molecule has 1 aliphatic rings. The molecule has 1 fully saturated rings. The highest BCUT2D eigenvalue weighted by Crippen LogP contribution is 2.28. The second kappa shape index (κ2) is 6.83. The van der Waals surface area contributed by atoms with Crippen LogP contribution in [0.15, 0.2) is 30.6 Å². The molecule has 6 nitrogen and oxygen atoms in total. The predicted molar refractivity (Wildman–Crippen MR) is 84.8 cm³/mol. The van der Waals surface area contributed by atoms with E-state index in [1.165, 1.54) is 0 Å². The number of aryl methyl sites for hydroxylation is 1. The van der Waals surface area contributed by atoms with Gasteiger partial charge in [0.1, 0.15) is 11.5 Å². The highest BCUT2D eigenvalue weighted by Gasteiger charge is 2.28. The smallest absolute Gasteiger partial charge is 0.272 e. The molecule has 2 aromatic rings. The Balaban J connectivity index is 1.81. The first-order chi connectivity index (χ1) is 11.2. The molecule has 1 unspecified atom stereocenters. The number of likely N-dealkylation sites (tertiary alicyclic amines) is 1. The van der Waals surface area contributed by atoms with Crippen molar-refractivity contribution in [3.63, 3.8) is 0 Å². The van der Waals surface area contributed by atoms with E-state index in [1.54, 1.807) is 24.5 Å². The lowest BCUT2D eigenvalue weighted by Crippen LogP contribution is -2.40. The number of hydrogen-bond acceptors (Lipinski definition) is 5. The average molecular weight is 312 g/mol. The summed E-state index contributed by atoms with van der Waals surface area (Å²) in [5.41, 5.74) is 2.07. The van der Waals surface area contributed by atoms with Gasteiger partial charge >= 0.3 is 0 Å². The van der Waals surface area contributed by atoms with Gasteiger partial charge < -0.3 is 10.0 Å². The van der Waals surface area contributed by atoms with E-state index >= 15 is 0 Å². The third kappa shape index (κ3) is 3.37. The Labute approximate surface area is 135 Å². The van der Waals surface area contributed by atoms with E-state index in [0.717, 1.165) is 30.6 Å². The van der Waals surface area contributed by atoms with Crippen molar-refractivity contribution in [2.45, 2.75) is 32.3 Å². The van der Waals surface area contributed by atoms with Crippen LogP contribution < -0.4 is 0 Å². The van der Waals surface area contributed by atoms with Gasteiger partial charge in [-0.1, -0.05) is 6.07 Å². The number of rotatable bonds is 3. The van der Waals surface area contributed by atoms with Crippen LogP contribution in [0.25, 0.3) is 0 Å². The SMILES string of the molecule is Cc1ncc(CO)c(C2CCCN(C(=O)c3ccccn3)C2)n1. The number of carbonyl (C=O) groups excluding carboxylic acids is 1. The van der Waals surface area contributed by atoms with Crippen molar-refractivity contribution < 1.29 is 9.90 Å². The van der Waals surface area contributed by atoms with E-state index in [0.29, 0.717) is 18.1 Å². The van der Waals surface area contributed by atoms with Crippen LogP contribution in [-0.4, -0.2) is 44.0 Å². The maximum Gasteiger partial charge on any atom is 0.272 e. The van der Waals surface area contributed by atoms with E-state index in [9.17, 15) is 9.90 Å². The van der Waals surface area contributed by atoms with Crippen LogP contribution in [0, 0.1) is 6.92 Å². The number of nitrogens with zero attached hydrogens (tertiary/aromatic N) is 4. The second-order valence-corrected chi connectivity index (χ2v) is 5.79. The van der Waals surface area contributed by atoms with Crippen molar-refractivity contribution in [2.75, 3.05) is 13.1 Å². The number of aliphatic hydroxyl groups is 1. The first-order valence-electron chi connectivity index (χ1n) is 7.82. The van der Waals surface area contributed by atoms with Crippen LogP contribution in [0.5, 0.6) is 0 Å². The van der Waals surface area contributed by atoms with Gasteiger partial charge in [-0.3, -0.25) is 9.78 Å². The molecule has 2 aromatic heterocycles. The predicted octanol–water partition coefficient (Wildman–Crippen LogP) is 1.69. The first kappa shape index (κ1) is 15.6. The van der Waals surface area contributed by atoms with Gasteiger partial charge in [0.25, 0.3) is 5.91 Å². The van der Waals surface area contributed by atoms with Crippen molar-refractivity contribution >= 4 is 5.91 Å². The van der Waals surface area contributed by atoms with E-state index in [2.05, 4.69) is 15.0 Å². The largest absolute Gasteiger partial charge is 0.392 e. The maximum atomic E-state index is 12.6. The fourth-order valence-corrected chi connectivity index (χ4v) is 3.02. The first-order valence-corrected chi connectivity index (χ1v) is 7.82. The molecule has 1 aliphatic heterocycles. The van der Waals surface area contributed by atoms with Crippen LogP contribution in [-0.2, 0) is 6.61 Å². The number of aliphatic hydroxyl groups excluding tert-OH is 1. The summed E-state index contributed by atoms with van der Waals surface area (Å²) in [5.74, 6) is 0.761. The van der Waals surface area contributed by atoms with E-state index in [-0.39, 0.29) is 18.4 Å². The Morgan fingerprint density at radius 3 is 3.00 bits per heavy atom. The molecule has 0 radical (unpaired) electrons. The van der Waals surface area contributed by atoms with E-state index < -0.39 is 0 Å². The minimum Gasteiger partial charge on any atom is -0.392 e. The minimum absolute atomic E-state index is 0.0494. The molecule has 0 saturated carbocycles. The molecule has 0 aliphatic carbocycles. The van der Waals surface area contributed by atoms with Crippen molar-refractivity contribution in [2.24, 2.45) is 0 Å². The monoisotopic (exact) mass is 312 g/mol. The van der Waals surface area contributed by atoms with Gasteiger partial charge in [-0.05, 0) is 31.9 Å². The molecular weight excluding hydrogens is 292 g/mol. The highest BCUT2D eigenvalue weighted by molar-refractivity contribution is 5.92. The molecule has 3 rings (SSSR count). The summed E-state index contributed by atoms with van der Waals surface area (Å²) < 4.78 is 0. The summed E-state index contributed by atoms with van der Waals surface area (Å²) in [5, 5.41) is 9.52. The molecule has 0 spiro atoms. The van der Waals surface area contributed by atoms with Gasteiger partial charge in [0.15, 0.2) is 0 Å². The van der Waals surface area contributed by atoms with Crippen molar-refractivity contribution in [1.82, 2.24) is 19.9 Å². The van der Waals surface area contributed by atoms with E-state index in [1.807, 2.05) is 17.9 Å². The second-order valence-electron chi connectivity index (χ2n) is 5.79. The summed E-state index contributed by atoms with van der Waals surface area (Å²) >= 11 is 0. The molecule has 120 valence electrons. The van der Waals surface area contributed by atoms with Crippen molar-refractivity contribution in [1.29, 1.82) is 0 Å². The lowest BCUT2D eigenvalue weighted by molar-refractivity contribution is 0.0699. The summed E-state index contributed by atoms with van der Waals surface area (Å²) in [6, 6.07) is 5.35. The van der Waals surface area contributed by atoms with Crippen LogP contribution in [0.3, 0.4) is 0 Å². The van der Waals surface area contributed by atoms with Crippen LogP contribution in [0.4, 0.5) is 0 Å². The van der Waals surface area contributed by atoms with Gasteiger partial charge in [-0.25, -0.2) is 9.97 Å². The molecule has 1 N–H and O–H groups in total. The zero-order chi connectivity index (χ0) is 16.2. The lowest BCUT2D eigenvalue weighted by atomic mass is 9.92. The molecule has 0 aromatic carbocycles. The number of pyridine rings is 1. The Bertz CT molecular complexity index is 690. The maximum absolute atomic E-state index is 12.6. The molecule has 1 atom stereocenters. The molecule has 6 heteroatoms. The van der Waals surface area contributed by atoms with Gasteiger partial charge in [-0.2, -0.15) is 0 Å². The summed E-state index contributed by atoms with van der Waals surface area (Å²) in [4.78, 5) is 27.2. The Morgan fingerprint density at radius 1 is 1.39 bits per heavy atom. The number of amides is 1. The zero-order valence-electron chi connectivity index (χ0n) is 13.1. The number of carbonyl (C=O) groups is 1. The number of hydrogen-bond donors (Lipinski definition) is 1. The normalized spacial score (nSPS) is 18.0. The third-order valence-electron chi connectivity index (χ3n) is 4.17. The molecule has 1 saturated heterocycles. The van der Waals surface area contributed by atoms with Gasteiger partial charge in [0, 0.05) is 37.0 Å². The van der Waals surface area contributed by atoms with Crippen LogP contribution >= 0.6 is 0 Å². The Hall–Kier alpha value is -2.34. The average Bonchev–Trinajstić information content (AvgIpc) is 2.62. The van der Waals surface area contributed by atoms with Gasteiger partial charge in [0.05, 0.1) is 12.3 Å². The fraction of sp³-hybridized carbons (Fsp3) is 0.412. The summed E-state index contributed by atoms with van der Waals surface area (Å²) in [6.45, 7) is 3.08. The van der Waals surface area contributed by atoms with Gasteiger partial charge in [-0.15, -0.1) is 0 Å². The van der Waals surface area contributed by atoms with Crippen molar-refractivity contribution in [3.8, 4) is 0 Å². The van der Waals surface area contributed by atoms with Crippen LogP contribution in [0.1, 0.15) is 46.3 Å². The fourth-order valence-electron chi connectivity index (χ4n) is 3.02. The van der Waals surface area contributed by atoms with Crippen LogP contribution in [0.2, 0.25) is 0 Å². The summed E-state index contributed by atoms with van der Waals surface area (Å²) in [6.07, 6.45) is 5.18. The topological polar surface area (TPSA) is 79.2 Å². The minimum atomic E-state index is -0.0830. The van der Waals surface area contributed by atoms with Crippen molar-refractivity contribution in [3.05, 3.63) is 53.4 Å². The molecule has 0 bridgehead atoms. The number of piperidine rings is 1.